The van der Waals surface area contributed by atoms with Crippen LogP contribution in [0.4, 0.5) is 4.39 Å². The summed E-state index contributed by atoms with van der Waals surface area (Å²) in [4.78, 5) is 19.7. The molecule has 0 unspecified atom stereocenters. The molecule has 2 aromatic heterocycles. The van der Waals surface area contributed by atoms with E-state index in [0.29, 0.717) is 30.3 Å². The van der Waals surface area contributed by atoms with Crippen LogP contribution < -0.4 is 0 Å². The predicted molar refractivity (Wildman–Crippen MR) is 111 cm³/mol. The molecule has 1 amide bonds. The lowest BCUT2D eigenvalue weighted by atomic mass is 10.0. The van der Waals surface area contributed by atoms with E-state index in [0.717, 1.165) is 30.5 Å². The number of benzene rings is 1. The van der Waals surface area contributed by atoms with Crippen molar-refractivity contribution in [3.8, 4) is 0 Å². The van der Waals surface area contributed by atoms with Gasteiger partial charge in [-0.2, -0.15) is 5.10 Å². The fraction of sp³-hybridized carbons (Fsp3) is 0.435. The summed E-state index contributed by atoms with van der Waals surface area (Å²) in [6.07, 6.45) is 5.04. The molecule has 3 heterocycles. The van der Waals surface area contributed by atoms with Gasteiger partial charge in [0.2, 0.25) is 5.89 Å². The standard InChI is InChI=1S/C23H27FN4O2/c1-15(2)19-13-21(27(3)26-19)23(29)28-11-5-4-6-20(28)22-25-14-18(30-22)12-16-7-9-17(24)10-8-16/h7-10,13-15,20H,4-6,11-12H2,1-3H3/t20-/m0/s1. The number of aromatic nitrogens is 3. The molecule has 1 atom stereocenters. The fourth-order valence-electron chi connectivity index (χ4n) is 3.91. The molecule has 0 bridgehead atoms. The number of hydrogen-bond donors (Lipinski definition) is 0. The van der Waals surface area contributed by atoms with E-state index in [9.17, 15) is 9.18 Å². The lowest BCUT2D eigenvalue weighted by Gasteiger charge is -2.33. The summed E-state index contributed by atoms with van der Waals surface area (Å²) in [6, 6.07) is 8.05. The predicted octanol–water partition coefficient (Wildman–Crippen LogP) is 4.63. The van der Waals surface area contributed by atoms with Crippen LogP contribution in [0.25, 0.3) is 0 Å². The number of piperidine rings is 1. The Labute approximate surface area is 175 Å². The number of hydrogen-bond acceptors (Lipinski definition) is 4. The first kappa shape index (κ1) is 20.3. The van der Waals surface area contributed by atoms with Crippen molar-refractivity contribution in [2.75, 3.05) is 6.54 Å². The van der Waals surface area contributed by atoms with Crippen LogP contribution in [0.1, 0.15) is 78.5 Å². The third-order valence-corrected chi connectivity index (χ3v) is 5.62. The monoisotopic (exact) mass is 410 g/mol. The van der Waals surface area contributed by atoms with Crippen LogP contribution in [0, 0.1) is 5.82 Å². The Balaban J connectivity index is 1.54. The van der Waals surface area contributed by atoms with Crippen molar-refractivity contribution in [2.45, 2.75) is 51.5 Å². The van der Waals surface area contributed by atoms with Gasteiger partial charge in [-0.05, 0) is 48.9 Å². The van der Waals surface area contributed by atoms with Crippen LogP contribution in [-0.2, 0) is 13.5 Å². The average molecular weight is 410 g/mol. The second-order valence-electron chi connectivity index (χ2n) is 8.21. The van der Waals surface area contributed by atoms with Crippen molar-refractivity contribution in [2.24, 2.45) is 7.05 Å². The Kier molecular flexibility index (Phi) is 5.70. The average Bonchev–Trinajstić information content (AvgIpc) is 3.36. The van der Waals surface area contributed by atoms with Crippen molar-refractivity contribution in [3.05, 3.63) is 70.9 Å². The highest BCUT2D eigenvalue weighted by Crippen LogP contribution is 2.32. The zero-order valence-corrected chi connectivity index (χ0v) is 17.6. The molecule has 6 nitrogen and oxygen atoms in total. The summed E-state index contributed by atoms with van der Waals surface area (Å²) in [5, 5.41) is 4.48. The van der Waals surface area contributed by atoms with Crippen molar-refractivity contribution in [1.82, 2.24) is 19.7 Å². The van der Waals surface area contributed by atoms with Crippen molar-refractivity contribution >= 4 is 5.91 Å². The third kappa shape index (κ3) is 4.15. The van der Waals surface area contributed by atoms with E-state index in [2.05, 4.69) is 23.9 Å². The summed E-state index contributed by atoms with van der Waals surface area (Å²) in [5.74, 6) is 1.23. The second kappa shape index (κ2) is 8.42. The number of carbonyl (C=O) groups is 1. The quantitative estimate of drug-likeness (QED) is 0.615. The van der Waals surface area contributed by atoms with Crippen LogP contribution in [0.5, 0.6) is 0 Å². The number of aryl methyl sites for hydroxylation is 1. The molecule has 0 aliphatic carbocycles. The van der Waals surface area contributed by atoms with Crippen LogP contribution in [0.15, 0.2) is 40.9 Å². The smallest absolute Gasteiger partial charge is 0.272 e. The number of nitrogens with zero attached hydrogens (tertiary/aromatic N) is 4. The Morgan fingerprint density at radius 2 is 2.03 bits per heavy atom. The summed E-state index contributed by atoms with van der Waals surface area (Å²) in [7, 11) is 1.81. The topological polar surface area (TPSA) is 64.2 Å². The van der Waals surface area contributed by atoms with Crippen LogP contribution in [-0.4, -0.2) is 32.1 Å². The first-order valence-corrected chi connectivity index (χ1v) is 10.5. The second-order valence-corrected chi connectivity index (χ2v) is 8.21. The van der Waals surface area contributed by atoms with Gasteiger partial charge in [-0.15, -0.1) is 0 Å². The summed E-state index contributed by atoms with van der Waals surface area (Å²) in [5.41, 5.74) is 2.45. The van der Waals surface area contributed by atoms with Crippen molar-refractivity contribution in [1.29, 1.82) is 0 Å². The molecule has 30 heavy (non-hydrogen) atoms. The van der Waals surface area contributed by atoms with E-state index >= 15 is 0 Å². The van der Waals surface area contributed by atoms with Crippen LogP contribution in [0.2, 0.25) is 0 Å². The Bertz CT molecular complexity index is 1020. The van der Waals surface area contributed by atoms with Gasteiger partial charge >= 0.3 is 0 Å². The van der Waals surface area contributed by atoms with Crippen molar-refractivity contribution < 1.29 is 13.6 Å². The van der Waals surface area contributed by atoms with E-state index < -0.39 is 0 Å². The van der Waals surface area contributed by atoms with Gasteiger partial charge in [-0.3, -0.25) is 9.48 Å². The molecule has 0 saturated carbocycles. The molecule has 1 aliphatic rings. The van der Waals surface area contributed by atoms with Gasteiger partial charge in [0.05, 0.1) is 11.9 Å². The SMILES string of the molecule is CC(C)c1cc(C(=O)N2CCCC[C@H]2c2ncc(Cc3ccc(F)cc3)o2)n(C)n1. The van der Waals surface area contributed by atoms with Gasteiger partial charge in [0.1, 0.15) is 23.3 Å². The molecular formula is C23H27FN4O2. The van der Waals surface area contributed by atoms with Crippen LogP contribution >= 0.6 is 0 Å². The summed E-state index contributed by atoms with van der Waals surface area (Å²) in [6.45, 7) is 4.80. The van der Waals surface area contributed by atoms with Gasteiger partial charge in [-0.1, -0.05) is 26.0 Å². The van der Waals surface area contributed by atoms with Gasteiger partial charge in [0, 0.05) is 20.0 Å². The van der Waals surface area contributed by atoms with E-state index in [-0.39, 0.29) is 23.7 Å². The largest absolute Gasteiger partial charge is 0.443 e. The molecule has 7 heteroatoms. The minimum atomic E-state index is -0.260. The highest BCUT2D eigenvalue weighted by molar-refractivity contribution is 5.93. The molecule has 1 aromatic carbocycles. The third-order valence-electron chi connectivity index (χ3n) is 5.62. The maximum absolute atomic E-state index is 13.3. The molecule has 1 fully saturated rings. The first-order valence-electron chi connectivity index (χ1n) is 10.5. The minimum absolute atomic E-state index is 0.0418. The number of oxazole rings is 1. The molecule has 0 radical (unpaired) electrons. The first-order chi connectivity index (χ1) is 14.4. The van der Waals surface area contributed by atoms with E-state index in [1.807, 2.05) is 18.0 Å². The molecule has 3 aromatic rings. The van der Waals surface area contributed by atoms with Gasteiger partial charge < -0.3 is 9.32 Å². The van der Waals surface area contributed by atoms with Gasteiger partial charge in [-0.25, -0.2) is 9.37 Å². The molecular weight excluding hydrogens is 383 g/mol. The summed E-state index contributed by atoms with van der Waals surface area (Å²) < 4.78 is 20.8. The van der Waals surface area contributed by atoms with Crippen LogP contribution in [0.3, 0.4) is 0 Å². The molecule has 158 valence electrons. The zero-order chi connectivity index (χ0) is 21.3. The number of halogens is 1. The Hall–Kier alpha value is -2.96. The number of rotatable bonds is 5. The molecule has 1 saturated heterocycles. The molecule has 1 aliphatic heterocycles. The highest BCUT2D eigenvalue weighted by Gasteiger charge is 2.33. The van der Waals surface area contributed by atoms with Crippen molar-refractivity contribution in [3.63, 3.8) is 0 Å². The summed E-state index contributed by atoms with van der Waals surface area (Å²) >= 11 is 0. The highest BCUT2D eigenvalue weighted by atomic mass is 19.1. The Morgan fingerprint density at radius 3 is 2.73 bits per heavy atom. The number of likely N-dealkylation sites (tertiary alicyclic amines) is 1. The number of carbonyl (C=O) groups excluding carboxylic acids is 1. The normalized spacial score (nSPS) is 17.0. The van der Waals surface area contributed by atoms with E-state index in [1.54, 1.807) is 23.0 Å². The molecule has 0 N–H and O–H groups in total. The minimum Gasteiger partial charge on any atom is -0.443 e. The maximum Gasteiger partial charge on any atom is 0.272 e. The van der Waals surface area contributed by atoms with Gasteiger partial charge in [0.25, 0.3) is 5.91 Å². The maximum atomic E-state index is 13.3. The van der Waals surface area contributed by atoms with E-state index in [4.69, 9.17) is 4.42 Å². The molecule has 0 spiro atoms. The fourth-order valence-corrected chi connectivity index (χ4v) is 3.91. The molecule has 4 rings (SSSR count). The number of amides is 1. The lowest BCUT2D eigenvalue weighted by molar-refractivity contribution is 0.0558. The zero-order valence-electron chi connectivity index (χ0n) is 17.6. The van der Waals surface area contributed by atoms with Gasteiger partial charge in [0.15, 0.2) is 0 Å². The van der Waals surface area contributed by atoms with E-state index in [1.165, 1.54) is 12.1 Å². The Morgan fingerprint density at radius 1 is 1.27 bits per heavy atom. The lowest BCUT2D eigenvalue weighted by Crippen LogP contribution is -2.39.